The van der Waals surface area contributed by atoms with Crippen LogP contribution in [0.15, 0.2) is 46.0 Å². The number of amides is 2. The number of hydrogen-bond donors (Lipinski definition) is 2. The van der Waals surface area contributed by atoms with E-state index in [9.17, 15) is 9.59 Å². The summed E-state index contributed by atoms with van der Waals surface area (Å²) in [6.07, 6.45) is -0.00262. The Morgan fingerprint density at radius 1 is 1.26 bits per heavy atom. The summed E-state index contributed by atoms with van der Waals surface area (Å²) >= 11 is 3.49. The van der Waals surface area contributed by atoms with Crippen molar-refractivity contribution in [1.82, 2.24) is 5.43 Å². The van der Waals surface area contributed by atoms with Crippen LogP contribution >= 0.6 is 15.9 Å². The number of hydrazone groups is 1. The molecule has 7 heteroatoms. The van der Waals surface area contributed by atoms with Crippen molar-refractivity contribution in [3.05, 3.63) is 40.9 Å². The van der Waals surface area contributed by atoms with Crippen LogP contribution in [0.2, 0.25) is 0 Å². The van der Waals surface area contributed by atoms with Crippen LogP contribution in [0.4, 0.5) is 0 Å². The quantitative estimate of drug-likeness (QED) is 0.597. The van der Waals surface area contributed by atoms with E-state index in [1.807, 2.05) is 30.3 Å². The number of carbonyl (C=O) groups is 2. The SMILES string of the molecule is CC(CC(N)=O)=NNC(=O)COc1ccc2ccccc2c1Br. The fourth-order valence-corrected chi connectivity index (χ4v) is 2.56. The van der Waals surface area contributed by atoms with Crippen molar-refractivity contribution >= 4 is 44.2 Å². The number of rotatable bonds is 6. The summed E-state index contributed by atoms with van der Waals surface area (Å²) in [5.41, 5.74) is 7.78. The molecule has 0 unspecified atom stereocenters. The molecule has 2 rings (SSSR count). The van der Waals surface area contributed by atoms with Crippen molar-refractivity contribution < 1.29 is 14.3 Å². The van der Waals surface area contributed by atoms with Gasteiger partial charge in [0.1, 0.15) is 5.75 Å². The first-order valence-corrected chi connectivity index (χ1v) is 7.67. The van der Waals surface area contributed by atoms with Gasteiger partial charge in [0, 0.05) is 5.71 Å². The Morgan fingerprint density at radius 3 is 2.74 bits per heavy atom. The molecule has 0 radical (unpaired) electrons. The maximum atomic E-state index is 11.7. The smallest absolute Gasteiger partial charge is 0.277 e. The number of ether oxygens (including phenoxy) is 1. The highest BCUT2D eigenvalue weighted by Gasteiger charge is 2.08. The summed E-state index contributed by atoms with van der Waals surface area (Å²) in [6, 6.07) is 11.6. The molecule has 2 amide bonds. The predicted molar refractivity (Wildman–Crippen MR) is 92.2 cm³/mol. The summed E-state index contributed by atoms with van der Waals surface area (Å²) in [4.78, 5) is 22.4. The second-order valence-corrected chi connectivity index (χ2v) is 5.71. The van der Waals surface area contributed by atoms with Crippen LogP contribution in [0.5, 0.6) is 5.75 Å². The Hall–Kier alpha value is -2.41. The van der Waals surface area contributed by atoms with Crippen LogP contribution in [-0.2, 0) is 9.59 Å². The number of halogens is 1. The van der Waals surface area contributed by atoms with E-state index >= 15 is 0 Å². The summed E-state index contributed by atoms with van der Waals surface area (Å²) < 4.78 is 6.29. The van der Waals surface area contributed by atoms with E-state index in [-0.39, 0.29) is 13.0 Å². The molecule has 0 aliphatic heterocycles. The average Bonchev–Trinajstić information content (AvgIpc) is 2.52. The molecule has 23 heavy (non-hydrogen) atoms. The minimum Gasteiger partial charge on any atom is -0.483 e. The highest BCUT2D eigenvalue weighted by atomic mass is 79.9. The lowest BCUT2D eigenvalue weighted by Gasteiger charge is -2.09. The Kier molecular flexibility index (Phi) is 5.70. The highest BCUT2D eigenvalue weighted by molar-refractivity contribution is 9.10. The molecule has 0 saturated carbocycles. The van der Waals surface area contributed by atoms with Gasteiger partial charge in [0.25, 0.3) is 5.91 Å². The van der Waals surface area contributed by atoms with E-state index in [0.717, 1.165) is 15.2 Å². The number of carbonyl (C=O) groups excluding carboxylic acids is 2. The van der Waals surface area contributed by atoms with Gasteiger partial charge < -0.3 is 10.5 Å². The lowest BCUT2D eigenvalue weighted by molar-refractivity contribution is -0.123. The Morgan fingerprint density at radius 2 is 2.00 bits per heavy atom. The summed E-state index contributed by atoms with van der Waals surface area (Å²) in [7, 11) is 0. The number of primary amides is 1. The number of fused-ring (bicyclic) bond motifs is 1. The summed E-state index contributed by atoms with van der Waals surface area (Å²) in [6.45, 7) is 1.41. The fourth-order valence-electron chi connectivity index (χ4n) is 1.95. The third kappa shape index (κ3) is 4.79. The number of benzene rings is 2. The monoisotopic (exact) mass is 377 g/mol. The molecular weight excluding hydrogens is 362 g/mol. The molecule has 120 valence electrons. The van der Waals surface area contributed by atoms with Gasteiger partial charge in [0.15, 0.2) is 6.61 Å². The molecule has 0 aliphatic rings. The third-order valence-electron chi connectivity index (χ3n) is 2.99. The van der Waals surface area contributed by atoms with Gasteiger partial charge in [-0.15, -0.1) is 0 Å². The molecular formula is C16H16BrN3O3. The number of nitrogens with two attached hydrogens (primary N) is 1. The molecule has 2 aromatic rings. The Bertz CT molecular complexity index is 774. The molecule has 0 heterocycles. The van der Waals surface area contributed by atoms with Crippen LogP contribution < -0.4 is 15.9 Å². The molecule has 0 fully saturated rings. The van der Waals surface area contributed by atoms with Crippen molar-refractivity contribution in [3.63, 3.8) is 0 Å². The third-order valence-corrected chi connectivity index (χ3v) is 3.81. The zero-order valence-electron chi connectivity index (χ0n) is 12.5. The lowest BCUT2D eigenvalue weighted by Crippen LogP contribution is -2.26. The molecule has 2 aromatic carbocycles. The molecule has 6 nitrogen and oxygen atoms in total. The van der Waals surface area contributed by atoms with E-state index in [1.54, 1.807) is 13.0 Å². The van der Waals surface area contributed by atoms with Crippen molar-refractivity contribution in [2.24, 2.45) is 10.8 Å². The molecule has 0 bridgehead atoms. The molecule has 0 spiro atoms. The number of nitrogens with one attached hydrogen (secondary N) is 1. The lowest BCUT2D eigenvalue weighted by atomic mass is 10.1. The van der Waals surface area contributed by atoms with Gasteiger partial charge in [-0.3, -0.25) is 9.59 Å². The van der Waals surface area contributed by atoms with E-state index in [4.69, 9.17) is 10.5 Å². The largest absolute Gasteiger partial charge is 0.483 e. The second-order valence-electron chi connectivity index (χ2n) is 4.91. The van der Waals surface area contributed by atoms with Crippen LogP contribution in [0.3, 0.4) is 0 Å². The van der Waals surface area contributed by atoms with Gasteiger partial charge in [-0.2, -0.15) is 5.10 Å². The molecule has 0 saturated heterocycles. The predicted octanol–water partition coefficient (Wildman–Crippen LogP) is 2.35. The summed E-state index contributed by atoms with van der Waals surface area (Å²) in [5.74, 6) is -0.359. The van der Waals surface area contributed by atoms with Gasteiger partial charge in [-0.25, -0.2) is 5.43 Å². The topological polar surface area (TPSA) is 93.8 Å². The van der Waals surface area contributed by atoms with E-state index in [0.29, 0.717) is 11.5 Å². The first-order valence-electron chi connectivity index (χ1n) is 6.87. The van der Waals surface area contributed by atoms with Gasteiger partial charge in [-0.1, -0.05) is 30.3 Å². The van der Waals surface area contributed by atoms with Gasteiger partial charge in [-0.05, 0) is 39.7 Å². The number of hydrogen-bond acceptors (Lipinski definition) is 4. The van der Waals surface area contributed by atoms with Crippen LogP contribution in [0.1, 0.15) is 13.3 Å². The van der Waals surface area contributed by atoms with Gasteiger partial charge in [0.05, 0.1) is 10.9 Å². The standard InChI is InChI=1S/C16H16BrN3O3/c1-10(8-14(18)21)19-20-15(22)9-23-13-7-6-11-4-2-3-5-12(11)16(13)17/h2-7H,8-9H2,1H3,(H2,18,21)(H,20,22). The van der Waals surface area contributed by atoms with E-state index < -0.39 is 11.8 Å². The van der Waals surface area contributed by atoms with Crippen molar-refractivity contribution in [2.75, 3.05) is 6.61 Å². The van der Waals surface area contributed by atoms with Crippen LogP contribution in [-0.4, -0.2) is 24.1 Å². The molecule has 0 aliphatic carbocycles. The molecule has 3 N–H and O–H groups in total. The van der Waals surface area contributed by atoms with E-state index in [2.05, 4.69) is 26.5 Å². The second kappa shape index (κ2) is 7.73. The minimum atomic E-state index is -0.503. The molecule has 0 aromatic heterocycles. The van der Waals surface area contributed by atoms with Crippen molar-refractivity contribution in [3.8, 4) is 5.75 Å². The fraction of sp³-hybridized carbons (Fsp3) is 0.188. The van der Waals surface area contributed by atoms with Crippen LogP contribution in [0.25, 0.3) is 10.8 Å². The Balaban J connectivity index is 1.97. The van der Waals surface area contributed by atoms with E-state index in [1.165, 1.54) is 0 Å². The maximum absolute atomic E-state index is 11.7. The highest BCUT2D eigenvalue weighted by Crippen LogP contribution is 2.32. The van der Waals surface area contributed by atoms with Crippen molar-refractivity contribution in [1.29, 1.82) is 0 Å². The van der Waals surface area contributed by atoms with Crippen LogP contribution in [0, 0.1) is 0 Å². The molecule has 0 atom stereocenters. The zero-order valence-corrected chi connectivity index (χ0v) is 14.1. The normalized spacial score (nSPS) is 11.3. The first-order chi connectivity index (χ1) is 11.0. The summed E-state index contributed by atoms with van der Waals surface area (Å²) in [5, 5.41) is 5.85. The number of nitrogens with zero attached hydrogens (tertiary/aromatic N) is 1. The van der Waals surface area contributed by atoms with Gasteiger partial charge in [0.2, 0.25) is 5.91 Å². The Labute approximate surface area is 141 Å². The first kappa shape index (κ1) is 17.0. The zero-order chi connectivity index (χ0) is 16.8. The minimum absolute atomic E-state index is 0.00262. The van der Waals surface area contributed by atoms with Gasteiger partial charge >= 0.3 is 0 Å². The average molecular weight is 378 g/mol. The van der Waals surface area contributed by atoms with Crippen molar-refractivity contribution in [2.45, 2.75) is 13.3 Å². The maximum Gasteiger partial charge on any atom is 0.277 e.